The molecule has 0 aliphatic carbocycles. The van der Waals surface area contributed by atoms with E-state index in [1.807, 2.05) is 0 Å². The van der Waals surface area contributed by atoms with Crippen LogP contribution in [0.25, 0.3) is 0 Å². The van der Waals surface area contributed by atoms with Gasteiger partial charge in [0.15, 0.2) is 0 Å². The summed E-state index contributed by atoms with van der Waals surface area (Å²) in [6.07, 6.45) is 9.98. The first-order chi connectivity index (χ1) is 6.66. The third-order valence-corrected chi connectivity index (χ3v) is 2.52. The third kappa shape index (κ3) is 9.79. The molecule has 0 radical (unpaired) electrons. The lowest BCUT2D eigenvalue weighted by Gasteiger charge is -2.06. The van der Waals surface area contributed by atoms with Gasteiger partial charge in [0.25, 0.3) is 0 Å². The van der Waals surface area contributed by atoms with E-state index < -0.39 is 0 Å². The van der Waals surface area contributed by atoms with E-state index in [0.717, 1.165) is 0 Å². The molecule has 0 bridgehead atoms. The minimum Gasteiger partial charge on any atom is -0.396 e. The Morgan fingerprint density at radius 1 is 1.14 bits per heavy atom. The minimum absolute atomic E-state index is 0.345. The van der Waals surface area contributed by atoms with Gasteiger partial charge in [-0.25, -0.2) is 0 Å². The predicted octanol–water partition coefficient (Wildman–Crippen LogP) is 3.92. The summed E-state index contributed by atoms with van der Waals surface area (Å²) in [6, 6.07) is 0. The molecule has 0 spiro atoms. The molecule has 1 N–H and O–H groups in total. The quantitative estimate of drug-likeness (QED) is 0.463. The molecule has 0 saturated heterocycles. The van der Waals surface area contributed by atoms with Gasteiger partial charge in [-0.15, -0.1) is 0 Å². The van der Waals surface area contributed by atoms with Crippen molar-refractivity contribution in [1.29, 1.82) is 0 Å². The summed E-state index contributed by atoms with van der Waals surface area (Å²) >= 11 is 0. The van der Waals surface area contributed by atoms with E-state index in [-0.39, 0.29) is 0 Å². The van der Waals surface area contributed by atoms with Crippen LogP contribution in [0.2, 0.25) is 0 Å². The average molecular weight is 198 g/mol. The zero-order chi connectivity index (χ0) is 10.8. The highest BCUT2D eigenvalue weighted by molar-refractivity contribution is 4.92. The lowest BCUT2D eigenvalue weighted by Crippen LogP contribution is -1.99. The van der Waals surface area contributed by atoms with Gasteiger partial charge in [0.2, 0.25) is 0 Å². The lowest BCUT2D eigenvalue weighted by atomic mass is 10.0. The smallest absolute Gasteiger partial charge is 0.0456 e. The summed E-state index contributed by atoms with van der Waals surface area (Å²) < 4.78 is 0. The highest BCUT2D eigenvalue weighted by Gasteiger charge is 1.98. The molecule has 1 heteroatoms. The van der Waals surface area contributed by atoms with Gasteiger partial charge in [0.1, 0.15) is 0 Å². The number of aliphatic hydroxyl groups excluding tert-OH is 1. The van der Waals surface area contributed by atoms with Crippen LogP contribution in [0.15, 0.2) is 11.6 Å². The van der Waals surface area contributed by atoms with Crippen LogP contribution in [0, 0.1) is 5.92 Å². The summed E-state index contributed by atoms with van der Waals surface area (Å²) in [7, 11) is 0. The molecule has 0 aromatic carbocycles. The van der Waals surface area contributed by atoms with Gasteiger partial charge in [0, 0.05) is 6.61 Å². The molecule has 0 saturated carbocycles. The lowest BCUT2D eigenvalue weighted by molar-refractivity contribution is 0.227. The Hall–Kier alpha value is -0.300. The van der Waals surface area contributed by atoms with Crippen molar-refractivity contribution in [1.82, 2.24) is 0 Å². The zero-order valence-electron chi connectivity index (χ0n) is 10.1. The van der Waals surface area contributed by atoms with Gasteiger partial charge in [0.05, 0.1) is 0 Å². The first-order valence-electron chi connectivity index (χ1n) is 5.91. The van der Waals surface area contributed by atoms with Crippen molar-refractivity contribution in [2.45, 2.75) is 59.3 Å². The number of hydrogen-bond acceptors (Lipinski definition) is 1. The molecule has 84 valence electrons. The fourth-order valence-corrected chi connectivity index (χ4v) is 1.47. The molecule has 0 aliphatic rings. The molecule has 0 amide bonds. The number of unbranched alkanes of at least 4 members (excludes halogenated alkanes) is 4. The van der Waals surface area contributed by atoms with Gasteiger partial charge in [-0.1, -0.05) is 37.8 Å². The van der Waals surface area contributed by atoms with Crippen LogP contribution in [-0.2, 0) is 0 Å². The van der Waals surface area contributed by atoms with Crippen molar-refractivity contribution < 1.29 is 5.11 Å². The Kier molecular flexibility index (Phi) is 9.06. The van der Waals surface area contributed by atoms with Crippen LogP contribution in [0.4, 0.5) is 0 Å². The molecule has 0 aromatic rings. The molecular formula is C13H26O. The van der Waals surface area contributed by atoms with E-state index in [4.69, 9.17) is 5.11 Å². The van der Waals surface area contributed by atoms with Crippen molar-refractivity contribution in [3.05, 3.63) is 11.6 Å². The zero-order valence-corrected chi connectivity index (χ0v) is 10.1. The summed E-state index contributed by atoms with van der Waals surface area (Å²) in [6.45, 7) is 6.77. The summed E-state index contributed by atoms with van der Waals surface area (Å²) in [5.41, 5.74) is 1.43. The molecule has 1 nitrogen and oxygen atoms in total. The van der Waals surface area contributed by atoms with E-state index in [2.05, 4.69) is 26.8 Å². The van der Waals surface area contributed by atoms with E-state index in [1.54, 1.807) is 0 Å². The van der Waals surface area contributed by atoms with Crippen LogP contribution in [0.3, 0.4) is 0 Å². The topological polar surface area (TPSA) is 20.2 Å². The van der Waals surface area contributed by atoms with Crippen LogP contribution in [0.5, 0.6) is 0 Å². The number of hydrogen-bond donors (Lipinski definition) is 1. The Labute approximate surface area is 89.2 Å². The van der Waals surface area contributed by atoms with Crippen molar-refractivity contribution >= 4 is 0 Å². The largest absolute Gasteiger partial charge is 0.396 e. The highest BCUT2D eigenvalue weighted by atomic mass is 16.3. The van der Waals surface area contributed by atoms with E-state index in [9.17, 15) is 0 Å². The van der Waals surface area contributed by atoms with E-state index in [1.165, 1.54) is 44.1 Å². The van der Waals surface area contributed by atoms with Crippen molar-refractivity contribution in [3.8, 4) is 0 Å². The maximum absolute atomic E-state index is 8.83. The Morgan fingerprint density at radius 2 is 1.79 bits per heavy atom. The maximum Gasteiger partial charge on any atom is 0.0456 e. The molecule has 0 heterocycles. The third-order valence-electron chi connectivity index (χ3n) is 2.52. The Balaban J connectivity index is 3.10. The molecule has 14 heavy (non-hydrogen) atoms. The molecule has 0 fully saturated rings. The summed E-state index contributed by atoms with van der Waals surface area (Å²) in [5, 5.41) is 8.83. The normalized spacial score (nSPS) is 12.6. The van der Waals surface area contributed by atoms with E-state index in [0.29, 0.717) is 12.5 Å². The number of allylic oxidation sites excluding steroid dienone is 2. The van der Waals surface area contributed by atoms with Crippen molar-refractivity contribution in [3.63, 3.8) is 0 Å². The van der Waals surface area contributed by atoms with Crippen molar-refractivity contribution in [2.24, 2.45) is 5.92 Å². The number of rotatable bonds is 8. The van der Waals surface area contributed by atoms with E-state index >= 15 is 0 Å². The van der Waals surface area contributed by atoms with Crippen LogP contribution < -0.4 is 0 Å². The Morgan fingerprint density at radius 3 is 2.36 bits per heavy atom. The van der Waals surface area contributed by atoms with Gasteiger partial charge in [-0.2, -0.15) is 0 Å². The minimum atomic E-state index is 0.345. The maximum atomic E-state index is 8.83. The van der Waals surface area contributed by atoms with Gasteiger partial charge in [-0.05, 0) is 39.0 Å². The highest BCUT2D eigenvalue weighted by Crippen LogP contribution is 2.11. The SMILES string of the molecule is CC(C)=CCCCCCCC(C)CO. The summed E-state index contributed by atoms with van der Waals surface area (Å²) in [5.74, 6) is 0.493. The van der Waals surface area contributed by atoms with Gasteiger partial charge in [-0.3, -0.25) is 0 Å². The average Bonchev–Trinajstić information content (AvgIpc) is 2.15. The van der Waals surface area contributed by atoms with Gasteiger partial charge >= 0.3 is 0 Å². The van der Waals surface area contributed by atoms with Crippen molar-refractivity contribution in [2.75, 3.05) is 6.61 Å². The fourth-order valence-electron chi connectivity index (χ4n) is 1.47. The van der Waals surface area contributed by atoms with Gasteiger partial charge < -0.3 is 5.11 Å². The second kappa shape index (κ2) is 9.26. The predicted molar refractivity (Wildman–Crippen MR) is 63.4 cm³/mol. The molecule has 0 rings (SSSR count). The summed E-state index contributed by atoms with van der Waals surface area (Å²) in [4.78, 5) is 0. The first-order valence-corrected chi connectivity index (χ1v) is 5.91. The fraction of sp³-hybridized carbons (Fsp3) is 0.846. The van der Waals surface area contributed by atoms with Crippen LogP contribution in [0.1, 0.15) is 59.3 Å². The monoisotopic (exact) mass is 198 g/mol. The first kappa shape index (κ1) is 13.7. The second-order valence-electron chi connectivity index (χ2n) is 4.56. The molecule has 1 atom stereocenters. The van der Waals surface area contributed by atoms with Crippen LogP contribution in [-0.4, -0.2) is 11.7 Å². The molecule has 0 aromatic heterocycles. The molecule has 1 unspecified atom stereocenters. The second-order valence-corrected chi connectivity index (χ2v) is 4.56. The molecule has 0 aliphatic heterocycles. The standard InChI is InChI=1S/C13H26O/c1-12(2)9-7-5-4-6-8-10-13(3)11-14/h9,13-14H,4-8,10-11H2,1-3H3. The molecular weight excluding hydrogens is 172 g/mol. The number of aliphatic hydroxyl groups is 1. The Bertz CT molecular complexity index is 145. The van der Waals surface area contributed by atoms with Crippen LogP contribution >= 0.6 is 0 Å².